The largest absolute Gasteiger partial charge is 0.494 e. The standard InChI is InChI=1S/C25H24N2O4S/c1-4-17-13-20(30-11-5-6-24(28)29)8-9-21(17)23-15-27-25(32-23)18-7-10-22(31-16(2)3)19(12-18)14-26/h7-10,12-13,15H,2,4-6,11H2,1,3H3,(H,28,29). The summed E-state index contributed by atoms with van der Waals surface area (Å²) < 4.78 is 11.2. The summed E-state index contributed by atoms with van der Waals surface area (Å²) in [7, 11) is 0. The van der Waals surface area contributed by atoms with Crippen LogP contribution in [0.2, 0.25) is 0 Å². The van der Waals surface area contributed by atoms with Crippen LogP contribution in [0.3, 0.4) is 0 Å². The molecule has 3 aromatic rings. The fraction of sp³-hybridized carbons (Fsp3) is 0.240. The van der Waals surface area contributed by atoms with Gasteiger partial charge in [-0.25, -0.2) is 4.98 Å². The molecule has 1 N–H and O–H groups in total. The van der Waals surface area contributed by atoms with Crippen LogP contribution in [0.4, 0.5) is 0 Å². The maximum Gasteiger partial charge on any atom is 0.303 e. The van der Waals surface area contributed by atoms with Gasteiger partial charge >= 0.3 is 5.97 Å². The highest BCUT2D eigenvalue weighted by molar-refractivity contribution is 7.18. The number of carboxylic acid groups (broad SMARTS) is 1. The molecule has 0 saturated carbocycles. The second kappa shape index (κ2) is 10.6. The number of aryl methyl sites for hydroxylation is 1. The maximum absolute atomic E-state index is 10.6. The quantitative estimate of drug-likeness (QED) is 0.299. The van der Waals surface area contributed by atoms with Crippen LogP contribution in [0, 0.1) is 11.3 Å². The lowest BCUT2D eigenvalue weighted by molar-refractivity contribution is -0.137. The second-order valence-corrected chi connectivity index (χ2v) is 8.21. The third-order valence-corrected chi connectivity index (χ3v) is 5.74. The summed E-state index contributed by atoms with van der Waals surface area (Å²) in [4.78, 5) is 16.2. The molecule has 0 bridgehead atoms. The molecule has 0 atom stereocenters. The number of carboxylic acids is 1. The molecule has 32 heavy (non-hydrogen) atoms. The topological polar surface area (TPSA) is 92.4 Å². The van der Waals surface area contributed by atoms with Crippen LogP contribution in [0.25, 0.3) is 21.0 Å². The Bertz CT molecular complexity index is 1180. The average molecular weight is 449 g/mol. The molecule has 0 radical (unpaired) electrons. The van der Waals surface area contributed by atoms with Gasteiger partial charge in [0.05, 0.1) is 22.8 Å². The Balaban J connectivity index is 1.81. The molecule has 3 rings (SSSR count). The van der Waals surface area contributed by atoms with Crippen LogP contribution >= 0.6 is 11.3 Å². The Hall–Kier alpha value is -3.63. The first-order valence-electron chi connectivity index (χ1n) is 10.2. The summed E-state index contributed by atoms with van der Waals surface area (Å²) in [6.07, 6.45) is 3.22. The Morgan fingerprint density at radius 2 is 2.09 bits per heavy atom. The number of benzene rings is 2. The highest BCUT2D eigenvalue weighted by atomic mass is 32.1. The third kappa shape index (κ3) is 5.74. The SMILES string of the molecule is C=C(C)Oc1ccc(-c2ncc(-c3ccc(OCCCC(=O)O)cc3CC)s2)cc1C#N. The number of carbonyl (C=O) groups is 1. The van der Waals surface area contributed by atoms with Crippen LogP contribution in [0.15, 0.2) is 54.9 Å². The lowest BCUT2D eigenvalue weighted by atomic mass is 10.0. The predicted octanol–water partition coefficient (Wildman–Crippen LogP) is 6.07. The fourth-order valence-electron chi connectivity index (χ4n) is 3.17. The van der Waals surface area contributed by atoms with Gasteiger partial charge < -0.3 is 14.6 Å². The fourth-order valence-corrected chi connectivity index (χ4v) is 4.14. The third-order valence-electron chi connectivity index (χ3n) is 4.66. The van der Waals surface area contributed by atoms with Crippen LogP contribution in [0.5, 0.6) is 11.5 Å². The van der Waals surface area contributed by atoms with Crippen molar-refractivity contribution in [3.63, 3.8) is 0 Å². The van der Waals surface area contributed by atoms with Crippen LogP contribution < -0.4 is 9.47 Å². The van der Waals surface area contributed by atoms with Gasteiger partial charge in [0.25, 0.3) is 0 Å². The van der Waals surface area contributed by atoms with Gasteiger partial charge in [-0.1, -0.05) is 13.5 Å². The van der Waals surface area contributed by atoms with Crippen LogP contribution in [-0.4, -0.2) is 22.7 Å². The van der Waals surface area contributed by atoms with E-state index in [-0.39, 0.29) is 6.42 Å². The van der Waals surface area contributed by atoms with E-state index in [2.05, 4.69) is 24.6 Å². The summed E-state index contributed by atoms with van der Waals surface area (Å²) >= 11 is 1.55. The molecule has 2 aromatic carbocycles. The van der Waals surface area contributed by atoms with Crippen molar-refractivity contribution in [1.82, 2.24) is 4.98 Å². The summed E-state index contributed by atoms with van der Waals surface area (Å²) in [6, 6.07) is 13.5. The van der Waals surface area contributed by atoms with Crippen molar-refractivity contribution in [2.45, 2.75) is 33.1 Å². The van der Waals surface area contributed by atoms with E-state index >= 15 is 0 Å². The Kier molecular flexibility index (Phi) is 7.63. The zero-order chi connectivity index (χ0) is 23.1. The van der Waals surface area contributed by atoms with Crippen molar-refractivity contribution in [3.8, 4) is 38.6 Å². The Labute approximate surface area is 191 Å². The zero-order valence-corrected chi connectivity index (χ0v) is 18.9. The molecule has 0 fully saturated rings. The molecular weight excluding hydrogens is 424 g/mol. The van der Waals surface area contributed by atoms with Gasteiger partial charge in [0.15, 0.2) is 0 Å². The normalized spacial score (nSPS) is 10.4. The number of nitrogens with zero attached hydrogens (tertiary/aromatic N) is 2. The highest BCUT2D eigenvalue weighted by Crippen LogP contribution is 2.36. The van der Waals surface area contributed by atoms with Crippen molar-refractivity contribution >= 4 is 17.3 Å². The van der Waals surface area contributed by atoms with E-state index in [0.717, 1.165) is 38.7 Å². The summed E-state index contributed by atoms with van der Waals surface area (Å²) in [5.74, 6) is 0.909. The van der Waals surface area contributed by atoms with E-state index in [1.165, 1.54) is 0 Å². The average Bonchev–Trinajstić information content (AvgIpc) is 3.26. The Morgan fingerprint density at radius 3 is 2.78 bits per heavy atom. The molecule has 1 aromatic heterocycles. The molecule has 164 valence electrons. The van der Waals surface area contributed by atoms with Gasteiger partial charge in [-0.05, 0) is 67.3 Å². The van der Waals surface area contributed by atoms with Gasteiger partial charge in [-0.2, -0.15) is 5.26 Å². The minimum absolute atomic E-state index is 0.0934. The van der Waals surface area contributed by atoms with E-state index in [9.17, 15) is 10.1 Å². The number of allylic oxidation sites excluding steroid dienone is 1. The van der Waals surface area contributed by atoms with Crippen molar-refractivity contribution in [2.75, 3.05) is 6.61 Å². The van der Waals surface area contributed by atoms with Crippen molar-refractivity contribution < 1.29 is 19.4 Å². The molecule has 7 heteroatoms. The number of thiazole rings is 1. The molecular formula is C25H24N2O4S. The highest BCUT2D eigenvalue weighted by Gasteiger charge is 2.13. The lowest BCUT2D eigenvalue weighted by Crippen LogP contribution is -2.02. The minimum Gasteiger partial charge on any atom is -0.494 e. The summed E-state index contributed by atoms with van der Waals surface area (Å²) in [5.41, 5.74) is 3.49. The molecule has 0 unspecified atom stereocenters. The predicted molar refractivity (Wildman–Crippen MR) is 125 cm³/mol. The molecule has 0 aliphatic rings. The minimum atomic E-state index is -0.820. The van der Waals surface area contributed by atoms with E-state index in [0.29, 0.717) is 30.1 Å². The number of hydrogen-bond acceptors (Lipinski definition) is 6. The maximum atomic E-state index is 10.6. The smallest absolute Gasteiger partial charge is 0.303 e. The van der Waals surface area contributed by atoms with E-state index in [1.54, 1.807) is 30.4 Å². The van der Waals surface area contributed by atoms with Crippen molar-refractivity contribution in [3.05, 3.63) is 66.1 Å². The number of ether oxygens (including phenoxy) is 2. The first-order valence-corrected chi connectivity index (χ1v) is 11.0. The van der Waals surface area contributed by atoms with Gasteiger partial charge in [0.1, 0.15) is 22.6 Å². The van der Waals surface area contributed by atoms with E-state index < -0.39 is 5.97 Å². The number of nitriles is 1. The monoisotopic (exact) mass is 448 g/mol. The molecule has 6 nitrogen and oxygen atoms in total. The van der Waals surface area contributed by atoms with Gasteiger partial charge in [0, 0.05) is 18.2 Å². The second-order valence-electron chi connectivity index (χ2n) is 7.17. The zero-order valence-electron chi connectivity index (χ0n) is 18.1. The lowest BCUT2D eigenvalue weighted by Gasteiger charge is -2.10. The molecule has 0 aliphatic carbocycles. The van der Waals surface area contributed by atoms with Crippen molar-refractivity contribution in [2.24, 2.45) is 0 Å². The Morgan fingerprint density at radius 1 is 1.28 bits per heavy atom. The van der Waals surface area contributed by atoms with Gasteiger partial charge in [-0.3, -0.25) is 4.79 Å². The first-order chi connectivity index (χ1) is 15.4. The molecule has 0 spiro atoms. The van der Waals surface area contributed by atoms with Gasteiger partial charge in [0.2, 0.25) is 0 Å². The number of rotatable bonds is 10. The summed E-state index contributed by atoms with van der Waals surface area (Å²) in [5, 5.41) is 19.0. The van der Waals surface area contributed by atoms with Gasteiger partial charge in [-0.15, -0.1) is 11.3 Å². The van der Waals surface area contributed by atoms with E-state index in [1.807, 2.05) is 30.5 Å². The van der Waals surface area contributed by atoms with Crippen LogP contribution in [0.1, 0.15) is 37.8 Å². The number of aliphatic carboxylic acids is 1. The van der Waals surface area contributed by atoms with E-state index in [4.69, 9.17) is 14.6 Å². The molecule has 0 amide bonds. The number of hydrogen-bond donors (Lipinski definition) is 1. The molecule has 0 aliphatic heterocycles. The molecule has 0 saturated heterocycles. The number of aromatic nitrogens is 1. The molecule has 1 heterocycles. The summed E-state index contributed by atoms with van der Waals surface area (Å²) in [6.45, 7) is 7.90. The van der Waals surface area contributed by atoms with Crippen LogP contribution in [-0.2, 0) is 11.2 Å². The van der Waals surface area contributed by atoms with Crippen molar-refractivity contribution in [1.29, 1.82) is 5.26 Å². The first kappa shape index (κ1) is 23.0.